The summed E-state index contributed by atoms with van der Waals surface area (Å²) in [5.74, 6) is -0.620. The number of hydrogen-bond donors (Lipinski definition) is 3. The molecule has 0 bridgehead atoms. The lowest BCUT2D eigenvalue weighted by molar-refractivity contribution is -0.119. The Morgan fingerprint density at radius 3 is 2.33 bits per heavy atom. The molecule has 1 fully saturated rings. The van der Waals surface area contributed by atoms with Gasteiger partial charge in [-0.05, 0) is 55.3 Å². The molecule has 9 nitrogen and oxygen atoms in total. The maximum Gasteiger partial charge on any atom is 0.257 e. The molecule has 4 N–H and O–H groups in total. The molecular formula is C22H29ClN4O5S. The van der Waals surface area contributed by atoms with Crippen LogP contribution in [0.15, 0.2) is 41.3 Å². The van der Waals surface area contributed by atoms with E-state index < -0.39 is 21.8 Å². The van der Waals surface area contributed by atoms with E-state index in [1.807, 2.05) is 19.9 Å². The Kier molecular flexibility index (Phi) is 9.38. The van der Waals surface area contributed by atoms with Gasteiger partial charge in [0, 0.05) is 44.7 Å². The van der Waals surface area contributed by atoms with Crippen LogP contribution in [0.1, 0.15) is 27.9 Å². The fourth-order valence-corrected chi connectivity index (χ4v) is 5.05. The van der Waals surface area contributed by atoms with Gasteiger partial charge < -0.3 is 15.8 Å². The van der Waals surface area contributed by atoms with Crippen LogP contribution in [0.25, 0.3) is 0 Å². The number of piperazine rings is 1. The average molecular weight is 497 g/mol. The first kappa shape index (κ1) is 26.7. The van der Waals surface area contributed by atoms with Crippen LogP contribution in [0.5, 0.6) is 11.5 Å². The number of halogens is 1. The molecule has 11 heteroatoms. The number of benzene rings is 2. The second-order valence-corrected chi connectivity index (χ2v) is 9.56. The van der Waals surface area contributed by atoms with Crippen molar-refractivity contribution in [3.05, 3.63) is 53.1 Å². The molecule has 0 spiro atoms. The fraction of sp³-hybridized carbons (Fsp3) is 0.364. The van der Waals surface area contributed by atoms with Crippen LogP contribution in [0.2, 0.25) is 0 Å². The minimum atomic E-state index is -3.94. The lowest BCUT2D eigenvalue weighted by Crippen LogP contribution is -2.46. The van der Waals surface area contributed by atoms with Crippen LogP contribution in [-0.4, -0.2) is 57.3 Å². The molecule has 2 aromatic carbocycles. The topological polar surface area (TPSA) is 131 Å². The summed E-state index contributed by atoms with van der Waals surface area (Å²) < 4.78 is 34.2. The number of sulfonamides is 1. The molecule has 180 valence electrons. The Bertz CT molecular complexity index is 1100. The predicted molar refractivity (Wildman–Crippen MR) is 127 cm³/mol. The van der Waals surface area contributed by atoms with E-state index in [0.717, 1.165) is 11.1 Å². The largest absolute Gasteiger partial charge is 0.456 e. The number of carbonyl (C=O) groups excluding carboxylic acids is 2. The first-order chi connectivity index (χ1) is 15.2. The fourth-order valence-electron chi connectivity index (χ4n) is 3.47. The molecule has 33 heavy (non-hydrogen) atoms. The number of nitrogens with two attached hydrogens (primary N) is 1. The number of rotatable bonds is 7. The molecule has 2 amide bonds. The maximum absolute atomic E-state index is 13.4. The SMILES string of the molecule is Cc1cc(C)cc(Oc2ccc(C(=O)NC(=O)CCN)cc2S(=O)(=O)N2CCNCC2)c1.Cl. The van der Waals surface area contributed by atoms with Gasteiger partial charge in [0.2, 0.25) is 15.9 Å². The normalized spacial score (nSPS) is 14.3. The van der Waals surface area contributed by atoms with Crippen molar-refractivity contribution in [2.75, 3.05) is 32.7 Å². The van der Waals surface area contributed by atoms with Crippen molar-refractivity contribution < 1.29 is 22.7 Å². The molecule has 3 rings (SSSR count). The van der Waals surface area contributed by atoms with Gasteiger partial charge in [0.15, 0.2) is 0 Å². The highest BCUT2D eigenvalue weighted by Gasteiger charge is 2.30. The molecule has 1 heterocycles. The highest BCUT2D eigenvalue weighted by Crippen LogP contribution is 2.33. The van der Waals surface area contributed by atoms with Crippen LogP contribution < -0.4 is 21.1 Å². The maximum atomic E-state index is 13.4. The summed E-state index contributed by atoms with van der Waals surface area (Å²) in [6, 6.07) is 9.72. The molecule has 2 aromatic rings. The Labute approximate surface area is 200 Å². The molecule has 0 aliphatic carbocycles. The first-order valence-electron chi connectivity index (χ1n) is 10.4. The summed E-state index contributed by atoms with van der Waals surface area (Å²) in [6.07, 6.45) is -0.00836. The predicted octanol–water partition coefficient (Wildman–Crippen LogP) is 1.72. The minimum absolute atomic E-state index is 0. The molecule has 1 saturated heterocycles. The minimum Gasteiger partial charge on any atom is -0.456 e. The zero-order chi connectivity index (χ0) is 23.3. The van der Waals surface area contributed by atoms with E-state index in [0.29, 0.717) is 31.9 Å². The number of nitrogens with one attached hydrogen (secondary N) is 2. The van der Waals surface area contributed by atoms with Crippen molar-refractivity contribution in [2.24, 2.45) is 5.73 Å². The van der Waals surface area contributed by atoms with Gasteiger partial charge in [-0.2, -0.15) is 4.31 Å². The van der Waals surface area contributed by atoms with Crippen molar-refractivity contribution in [1.82, 2.24) is 14.9 Å². The zero-order valence-corrected chi connectivity index (χ0v) is 20.2. The number of carbonyl (C=O) groups is 2. The second-order valence-electron chi connectivity index (χ2n) is 7.66. The third-order valence-corrected chi connectivity index (χ3v) is 6.87. The molecule has 1 aliphatic rings. The van der Waals surface area contributed by atoms with Crippen molar-refractivity contribution in [1.29, 1.82) is 0 Å². The van der Waals surface area contributed by atoms with Gasteiger partial charge in [-0.25, -0.2) is 8.42 Å². The van der Waals surface area contributed by atoms with E-state index in [9.17, 15) is 18.0 Å². The summed E-state index contributed by atoms with van der Waals surface area (Å²) >= 11 is 0. The molecule has 0 unspecified atom stereocenters. The summed E-state index contributed by atoms with van der Waals surface area (Å²) in [5.41, 5.74) is 7.33. The zero-order valence-electron chi connectivity index (χ0n) is 18.6. The third-order valence-electron chi connectivity index (χ3n) is 4.95. The number of ether oxygens (including phenoxy) is 1. The summed E-state index contributed by atoms with van der Waals surface area (Å²) in [6.45, 7) is 5.60. The Morgan fingerprint density at radius 2 is 1.73 bits per heavy atom. The van der Waals surface area contributed by atoms with Gasteiger partial charge in [-0.1, -0.05) is 6.07 Å². The molecule has 0 atom stereocenters. The van der Waals surface area contributed by atoms with Crippen LogP contribution in [0, 0.1) is 13.8 Å². The van der Waals surface area contributed by atoms with E-state index in [1.165, 1.54) is 22.5 Å². The number of aryl methyl sites for hydroxylation is 2. The van der Waals surface area contributed by atoms with Crippen LogP contribution >= 0.6 is 12.4 Å². The molecular weight excluding hydrogens is 468 g/mol. The molecule has 0 radical (unpaired) electrons. The van der Waals surface area contributed by atoms with Gasteiger partial charge in [-0.15, -0.1) is 12.4 Å². The van der Waals surface area contributed by atoms with E-state index in [2.05, 4.69) is 10.6 Å². The highest BCUT2D eigenvalue weighted by molar-refractivity contribution is 7.89. The number of amides is 2. The Hall–Kier alpha value is -2.50. The standard InChI is InChI=1S/C22H28N4O5S.ClH/c1-15-11-16(2)13-18(12-15)31-19-4-3-17(22(28)25-21(27)5-6-23)14-20(19)32(29,30)26-9-7-24-8-10-26;/h3-4,11-14,24H,5-10,23H2,1-2H3,(H,25,27,28);1H. The van der Waals surface area contributed by atoms with Crippen molar-refractivity contribution in [3.63, 3.8) is 0 Å². The average Bonchev–Trinajstić information content (AvgIpc) is 2.74. The van der Waals surface area contributed by atoms with Crippen molar-refractivity contribution in [3.8, 4) is 11.5 Å². The lowest BCUT2D eigenvalue weighted by atomic mass is 10.1. The van der Waals surface area contributed by atoms with Gasteiger partial charge in [0.1, 0.15) is 16.4 Å². The van der Waals surface area contributed by atoms with E-state index in [1.54, 1.807) is 12.1 Å². The van der Waals surface area contributed by atoms with Crippen LogP contribution in [-0.2, 0) is 14.8 Å². The van der Waals surface area contributed by atoms with Gasteiger partial charge >= 0.3 is 0 Å². The molecule has 1 aliphatic heterocycles. The third kappa shape index (κ3) is 6.75. The smallest absolute Gasteiger partial charge is 0.257 e. The Morgan fingerprint density at radius 1 is 1.09 bits per heavy atom. The lowest BCUT2D eigenvalue weighted by Gasteiger charge is -2.27. The summed E-state index contributed by atoms with van der Waals surface area (Å²) in [4.78, 5) is 24.1. The number of imide groups is 1. The number of hydrogen-bond acceptors (Lipinski definition) is 7. The van der Waals surface area contributed by atoms with Crippen LogP contribution in [0.4, 0.5) is 0 Å². The first-order valence-corrected chi connectivity index (χ1v) is 11.8. The van der Waals surface area contributed by atoms with Gasteiger partial charge in [0.05, 0.1) is 0 Å². The molecule has 0 aromatic heterocycles. The Balaban J connectivity index is 0.00000385. The van der Waals surface area contributed by atoms with Gasteiger partial charge in [0.25, 0.3) is 5.91 Å². The molecule has 0 saturated carbocycles. The summed E-state index contributed by atoms with van der Waals surface area (Å²) in [5, 5.41) is 5.34. The van der Waals surface area contributed by atoms with Crippen molar-refractivity contribution >= 4 is 34.2 Å². The van der Waals surface area contributed by atoms with E-state index >= 15 is 0 Å². The quantitative estimate of drug-likeness (QED) is 0.531. The number of nitrogens with zero attached hydrogens (tertiary/aromatic N) is 1. The van der Waals surface area contributed by atoms with Crippen LogP contribution in [0.3, 0.4) is 0 Å². The van der Waals surface area contributed by atoms with E-state index in [4.69, 9.17) is 10.5 Å². The van der Waals surface area contributed by atoms with Gasteiger partial charge in [-0.3, -0.25) is 14.9 Å². The second kappa shape index (κ2) is 11.6. The summed E-state index contributed by atoms with van der Waals surface area (Å²) in [7, 11) is -3.94. The monoisotopic (exact) mass is 496 g/mol. The van der Waals surface area contributed by atoms with Crippen molar-refractivity contribution in [2.45, 2.75) is 25.2 Å². The highest BCUT2D eigenvalue weighted by atomic mass is 35.5. The van der Waals surface area contributed by atoms with E-state index in [-0.39, 0.29) is 41.6 Å².